The van der Waals surface area contributed by atoms with Crippen molar-refractivity contribution in [2.45, 2.75) is 18.1 Å². The summed E-state index contributed by atoms with van der Waals surface area (Å²) in [4.78, 5) is 24.3. The van der Waals surface area contributed by atoms with E-state index in [4.69, 9.17) is 14.9 Å². The number of thioether (sulfide) groups is 1. The van der Waals surface area contributed by atoms with E-state index in [0.29, 0.717) is 30.7 Å². The van der Waals surface area contributed by atoms with Crippen LogP contribution in [0, 0.1) is 0 Å². The number of primary amides is 1. The Labute approximate surface area is 154 Å². The number of nitrogens with one attached hydrogen (secondary N) is 1. The molecule has 10 nitrogen and oxygen atoms in total. The van der Waals surface area contributed by atoms with E-state index in [1.54, 1.807) is 6.26 Å². The van der Waals surface area contributed by atoms with Crippen molar-refractivity contribution in [2.75, 3.05) is 37.0 Å². The van der Waals surface area contributed by atoms with Crippen molar-refractivity contribution in [2.24, 2.45) is 5.73 Å². The maximum absolute atomic E-state index is 11.5. The topological polar surface area (TPSA) is 129 Å². The lowest BCUT2D eigenvalue weighted by Gasteiger charge is -2.27. The minimum absolute atomic E-state index is 0.147. The zero-order valence-electron chi connectivity index (χ0n) is 14.1. The second-order valence-electron chi connectivity index (χ2n) is 5.56. The third-order valence-electron chi connectivity index (χ3n) is 3.71. The molecule has 1 saturated heterocycles. The second-order valence-corrected chi connectivity index (χ2v) is 6.62. The molecule has 3 rings (SSSR count). The number of ether oxygens (including phenoxy) is 1. The summed E-state index contributed by atoms with van der Waals surface area (Å²) in [5, 5.41) is 11.3. The molecule has 0 radical (unpaired) electrons. The van der Waals surface area contributed by atoms with Crippen LogP contribution in [0.4, 0.5) is 10.7 Å². The summed E-state index contributed by atoms with van der Waals surface area (Å²) in [5.74, 6) is 1.55. The molecule has 1 aliphatic rings. The van der Waals surface area contributed by atoms with Crippen LogP contribution in [0.3, 0.4) is 0 Å². The highest BCUT2D eigenvalue weighted by atomic mass is 32.2. The first kappa shape index (κ1) is 18.3. The summed E-state index contributed by atoms with van der Waals surface area (Å²) >= 11 is 1.39. The fraction of sp³-hybridized carbons (Fsp3) is 0.467. The number of carbonyl (C=O) groups is 2. The van der Waals surface area contributed by atoms with E-state index in [-0.39, 0.29) is 6.42 Å². The number of anilines is 1. The molecule has 26 heavy (non-hydrogen) atoms. The van der Waals surface area contributed by atoms with E-state index in [1.807, 2.05) is 22.0 Å². The lowest BCUT2D eigenvalue weighted by molar-refractivity contribution is -0.119. The van der Waals surface area contributed by atoms with Crippen molar-refractivity contribution >= 4 is 29.6 Å². The number of carbonyl (C=O) groups excluding carboxylic acids is 2. The van der Waals surface area contributed by atoms with Gasteiger partial charge in [0.05, 0.1) is 26.0 Å². The predicted molar refractivity (Wildman–Crippen MR) is 93.9 cm³/mol. The fourth-order valence-corrected chi connectivity index (χ4v) is 3.39. The molecular weight excluding hydrogens is 360 g/mol. The average Bonchev–Trinajstić information content (AvgIpc) is 3.26. The average molecular weight is 380 g/mol. The van der Waals surface area contributed by atoms with Gasteiger partial charge in [0.2, 0.25) is 11.9 Å². The van der Waals surface area contributed by atoms with E-state index < -0.39 is 11.9 Å². The molecule has 2 aromatic rings. The molecule has 11 heteroatoms. The molecule has 0 spiro atoms. The fourth-order valence-electron chi connectivity index (χ4n) is 2.52. The lowest BCUT2D eigenvalue weighted by Crippen LogP contribution is -2.38. The number of aromatic nitrogens is 3. The first-order chi connectivity index (χ1) is 12.6. The SMILES string of the molecule is NC(=O)NC(=O)CCSc1nnc(N2CCOCC2)n1Cc1ccco1. The van der Waals surface area contributed by atoms with E-state index in [2.05, 4.69) is 15.1 Å². The first-order valence-corrected chi connectivity index (χ1v) is 9.12. The minimum Gasteiger partial charge on any atom is -0.467 e. The van der Waals surface area contributed by atoms with E-state index in [9.17, 15) is 9.59 Å². The van der Waals surface area contributed by atoms with Crippen molar-refractivity contribution in [1.29, 1.82) is 0 Å². The number of rotatable bonds is 7. The number of nitrogens with two attached hydrogens (primary N) is 1. The van der Waals surface area contributed by atoms with E-state index in [0.717, 1.165) is 24.8 Å². The van der Waals surface area contributed by atoms with Crippen molar-refractivity contribution in [3.8, 4) is 0 Å². The Hall–Kier alpha value is -2.53. The van der Waals surface area contributed by atoms with Crippen LogP contribution in [-0.2, 0) is 16.1 Å². The third kappa shape index (κ3) is 4.76. The van der Waals surface area contributed by atoms with Gasteiger partial charge in [-0.15, -0.1) is 10.2 Å². The lowest BCUT2D eigenvalue weighted by atomic mass is 10.4. The molecule has 1 aliphatic heterocycles. The Kier molecular flexibility index (Phi) is 6.12. The Morgan fingerprint density at radius 1 is 1.31 bits per heavy atom. The van der Waals surface area contributed by atoms with Crippen LogP contribution in [0.15, 0.2) is 28.0 Å². The minimum atomic E-state index is -0.851. The molecular formula is C15H20N6O4S. The molecule has 0 saturated carbocycles. The van der Waals surface area contributed by atoms with Gasteiger partial charge >= 0.3 is 6.03 Å². The Bertz CT molecular complexity index is 741. The molecule has 0 atom stereocenters. The van der Waals surface area contributed by atoms with Gasteiger partial charge in [-0.2, -0.15) is 0 Å². The molecule has 0 aliphatic carbocycles. The van der Waals surface area contributed by atoms with Crippen LogP contribution < -0.4 is 16.0 Å². The number of imide groups is 1. The predicted octanol–water partition coefficient (Wildman–Crippen LogP) is 0.433. The summed E-state index contributed by atoms with van der Waals surface area (Å²) in [6.45, 7) is 3.25. The molecule has 0 aromatic carbocycles. The zero-order valence-corrected chi connectivity index (χ0v) is 14.9. The van der Waals surface area contributed by atoms with Gasteiger partial charge in [0, 0.05) is 25.3 Å². The van der Waals surface area contributed by atoms with Gasteiger partial charge in [-0.1, -0.05) is 11.8 Å². The maximum Gasteiger partial charge on any atom is 0.318 e. The highest BCUT2D eigenvalue weighted by Crippen LogP contribution is 2.24. The van der Waals surface area contributed by atoms with Gasteiger partial charge in [-0.3, -0.25) is 14.7 Å². The maximum atomic E-state index is 11.5. The Balaban J connectivity index is 1.70. The van der Waals surface area contributed by atoms with Gasteiger partial charge in [0.15, 0.2) is 5.16 Å². The standard InChI is InChI=1S/C15H20N6O4S/c16-13(23)17-12(22)3-9-26-15-19-18-14(20-4-7-24-8-5-20)21(15)10-11-2-1-6-25-11/h1-2,6H,3-5,7-10H2,(H3,16,17,22,23). The van der Waals surface area contributed by atoms with Crippen molar-refractivity contribution < 1.29 is 18.7 Å². The zero-order chi connectivity index (χ0) is 18.4. The molecule has 3 N–H and O–H groups in total. The summed E-state index contributed by atoms with van der Waals surface area (Å²) in [6, 6.07) is 2.86. The van der Waals surface area contributed by atoms with Gasteiger partial charge in [0.25, 0.3) is 0 Å². The number of nitrogens with zero attached hydrogens (tertiary/aromatic N) is 4. The van der Waals surface area contributed by atoms with Gasteiger partial charge in [-0.25, -0.2) is 4.79 Å². The highest BCUT2D eigenvalue weighted by molar-refractivity contribution is 7.99. The van der Waals surface area contributed by atoms with Crippen molar-refractivity contribution in [3.63, 3.8) is 0 Å². The first-order valence-electron chi connectivity index (χ1n) is 8.14. The molecule has 0 unspecified atom stereocenters. The second kappa shape index (κ2) is 8.72. The monoisotopic (exact) mass is 380 g/mol. The van der Waals surface area contributed by atoms with Crippen LogP contribution in [0.5, 0.6) is 0 Å². The number of furan rings is 1. The number of hydrogen-bond acceptors (Lipinski definition) is 8. The largest absolute Gasteiger partial charge is 0.467 e. The summed E-state index contributed by atoms with van der Waals surface area (Å²) in [6.07, 6.45) is 1.77. The quantitative estimate of drug-likeness (QED) is 0.662. The molecule has 3 amide bonds. The van der Waals surface area contributed by atoms with Crippen LogP contribution in [0.1, 0.15) is 12.2 Å². The number of urea groups is 1. The van der Waals surface area contributed by atoms with Crippen LogP contribution in [0.2, 0.25) is 0 Å². The van der Waals surface area contributed by atoms with Gasteiger partial charge in [-0.05, 0) is 12.1 Å². The Morgan fingerprint density at radius 3 is 2.81 bits per heavy atom. The third-order valence-corrected chi connectivity index (χ3v) is 4.68. The number of amides is 3. The Morgan fingerprint density at radius 2 is 2.12 bits per heavy atom. The van der Waals surface area contributed by atoms with Gasteiger partial charge in [0.1, 0.15) is 5.76 Å². The van der Waals surface area contributed by atoms with Crippen molar-refractivity contribution in [3.05, 3.63) is 24.2 Å². The molecule has 0 bridgehead atoms. The van der Waals surface area contributed by atoms with E-state index >= 15 is 0 Å². The van der Waals surface area contributed by atoms with Crippen LogP contribution in [0.25, 0.3) is 0 Å². The number of hydrogen-bond donors (Lipinski definition) is 2. The highest BCUT2D eigenvalue weighted by Gasteiger charge is 2.21. The van der Waals surface area contributed by atoms with Crippen LogP contribution >= 0.6 is 11.8 Å². The normalized spacial score (nSPS) is 14.4. The van der Waals surface area contributed by atoms with Crippen molar-refractivity contribution in [1.82, 2.24) is 20.1 Å². The van der Waals surface area contributed by atoms with Gasteiger partial charge < -0.3 is 19.8 Å². The molecule has 1 fully saturated rings. The van der Waals surface area contributed by atoms with E-state index in [1.165, 1.54) is 11.8 Å². The smallest absolute Gasteiger partial charge is 0.318 e. The van der Waals surface area contributed by atoms with Crippen LogP contribution in [-0.4, -0.2) is 58.8 Å². The molecule has 2 aromatic heterocycles. The molecule has 140 valence electrons. The molecule has 3 heterocycles. The summed E-state index contributed by atoms with van der Waals surface area (Å²) < 4.78 is 12.8. The summed E-state index contributed by atoms with van der Waals surface area (Å²) in [7, 11) is 0. The number of morpholine rings is 1. The summed E-state index contributed by atoms with van der Waals surface area (Å²) in [5.41, 5.74) is 4.93.